The van der Waals surface area contributed by atoms with Crippen molar-refractivity contribution in [1.29, 1.82) is 0 Å². The number of alkyl carbamates (subject to hydrolysis) is 1. The quantitative estimate of drug-likeness (QED) is 0.231. The van der Waals surface area contributed by atoms with Crippen molar-refractivity contribution >= 4 is 21.9 Å². The van der Waals surface area contributed by atoms with E-state index in [1.165, 1.54) is 24.3 Å². The number of hydrogen-bond donors (Lipinski definition) is 3. The average Bonchev–Trinajstić information content (AvgIpc) is 2.97. The molecule has 0 aliphatic heterocycles. The minimum absolute atomic E-state index is 0.0130. The van der Waals surface area contributed by atoms with E-state index < -0.39 is 33.0 Å². The second-order valence-electron chi connectivity index (χ2n) is 8.90. The topological polar surface area (TPSA) is 145 Å². The van der Waals surface area contributed by atoms with Crippen molar-refractivity contribution in [3.05, 3.63) is 132 Å². The van der Waals surface area contributed by atoms with Crippen LogP contribution in [0.5, 0.6) is 5.75 Å². The number of nitrogens with two attached hydrogens (primary N) is 1. The van der Waals surface area contributed by atoms with E-state index in [9.17, 15) is 23.1 Å². The maximum atomic E-state index is 13.7. The molecule has 40 heavy (non-hydrogen) atoms. The first-order valence-corrected chi connectivity index (χ1v) is 13.8. The molecule has 10 heteroatoms. The second kappa shape index (κ2) is 12.5. The van der Waals surface area contributed by atoms with Crippen LogP contribution in [0.25, 0.3) is 0 Å². The molecule has 0 heterocycles. The lowest BCUT2D eigenvalue weighted by Gasteiger charge is -2.30. The summed E-state index contributed by atoms with van der Waals surface area (Å²) in [6, 6.07) is 29.9. The zero-order chi connectivity index (χ0) is 28.6. The summed E-state index contributed by atoms with van der Waals surface area (Å²) in [5.41, 5.74) is 7.94. The molecule has 0 aliphatic carbocycles. The van der Waals surface area contributed by atoms with Gasteiger partial charge in [-0.1, -0.05) is 91.0 Å². The summed E-state index contributed by atoms with van der Waals surface area (Å²) in [6.45, 7) is -0.188. The third kappa shape index (κ3) is 6.66. The summed E-state index contributed by atoms with van der Waals surface area (Å²) in [5.74, 6) is -0.931. The molecule has 9 nitrogen and oxygen atoms in total. The van der Waals surface area contributed by atoms with Gasteiger partial charge in [-0.25, -0.2) is 18.0 Å². The molecule has 0 bridgehead atoms. The summed E-state index contributed by atoms with van der Waals surface area (Å²) < 4.78 is 38.5. The number of carboxylic acids is 1. The molecule has 0 saturated carbocycles. The number of nitrogens with one attached hydrogen (secondary N) is 1. The molecule has 4 N–H and O–H groups in total. The number of carbonyl (C=O) groups excluding carboxylic acids is 1. The van der Waals surface area contributed by atoms with Crippen LogP contribution in [0.15, 0.2) is 120 Å². The number of sulfone groups is 1. The van der Waals surface area contributed by atoms with Crippen molar-refractivity contribution < 1.29 is 32.6 Å². The van der Waals surface area contributed by atoms with Crippen molar-refractivity contribution in [3.8, 4) is 5.75 Å². The first-order valence-electron chi connectivity index (χ1n) is 12.3. The molecule has 0 fully saturated rings. The molecule has 0 aromatic heterocycles. The Morgan fingerprint density at radius 3 is 1.93 bits per heavy atom. The largest absolute Gasteiger partial charge is 0.480 e. The molecule has 1 amide bonds. The first kappa shape index (κ1) is 28.3. The summed E-state index contributed by atoms with van der Waals surface area (Å²) in [4.78, 5) is 23.9. The van der Waals surface area contributed by atoms with Crippen LogP contribution in [0.2, 0.25) is 0 Å². The van der Waals surface area contributed by atoms with Crippen LogP contribution in [0, 0.1) is 0 Å². The first-order chi connectivity index (χ1) is 19.2. The number of amides is 1. The molecule has 0 spiro atoms. The molecule has 206 valence electrons. The van der Waals surface area contributed by atoms with Crippen LogP contribution in [0.4, 0.5) is 4.79 Å². The molecule has 2 unspecified atom stereocenters. The predicted octanol–water partition coefficient (Wildman–Crippen LogP) is 4.23. The minimum Gasteiger partial charge on any atom is -0.480 e. The van der Waals surface area contributed by atoms with Gasteiger partial charge < -0.3 is 19.9 Å². The van der Waals surface area contributed by atoms with E-state index in [1.54, 1.807) is 84.9 Å². The zero-order valence-electron chi connectivity index (χ0n) is 21.3. The van der Waals surface area contributed by atoms with Crippen molar-refractivity contribution in [2.45, 2.75) is 29.0 Å². The molecule has 4 aromatic rings. The number of hydrogen-bond acceptors (Lipinski definition) is 7. The minimum atomic E-state index is -4.23. The Morgan fingerprint density at radius 2 is 1.35 bits per heavy atom. The third-order valence-electron chi connectivity index (χ3n) is 6.06. The molecule has 0 radical (unpaired) electrons. The van der Waals surface area contributed by atoms with Gasteiger partial charge in [0.25, 0.3) is 5.06 Å². The smallest absolute Gasteiger partial charge is 0.408 e. The Balaban J connectivity index is 1.49. The van der Waals surface area contributed by atoms with E-state index in [2.05, 4.69) is 5.32 Å². The highest BCUT2D eigenvalue weighted by Crippen LogP contribution is 2.34. The number of para-hydroxylation sites is 1. The van der Waals surface area contributed by atoms with E-state index in [4.69, 9.17) is 15.2 Å². The van der Waals surface area contributed by atoms with Gasteiger partial charge in [-0.3, -0.25) is 5.73 Å². The van der Waals surface area contributed by atoms with Gasteiger partial charge in [0.05, 0.1) is 4.90 Å². The number of aliphatic carboxylic acids is 1. The molecular weight excluding hydrogens is 532 g/mol. The number of carboxylic acid groups (broad SMARTS) is 1. The average molecular weight is 561 g/mol. The van der Waals surface area contributed by atoms with E-state index in [1.807, 2.05) is 6.07 Å². The second-order valence-corrected chi connectivity index (χ2v) is 11.0. The highest BCUT2D eigenvalue weighted by Gasteiger charge is 2.45. The fraction of sp³-hybridized carbons (Fsp3) is 0.133. The molecule has 0 saturated heterocycles. The number of rotatable bonds is 11. The Morgan fingerprint density at radius 1 is 0.800 bits per heavy atom. The van der Waals surface area contributed by atoms with Gasteiger partial charge in [0, 0.05) is 12.0 Å². The highest BCUT2D eigenvalue weighted by molar-refractivity contribution is 7.92. The normalized spacial score (nSPS) is 13.4. The lowest BCUT2D eigenvalue weighted by atomic mass is 10.1. The summed E-state index contributed by atoms with van der Waals surface area (Å²) in [7, 11) is -4.23. The number of carbonyl (C=O) groups is 2. The van der Waals surface area contributed by atoms with E-state index >= 15 is 0 Å². The molecular formula is C30H28N2O7S. The van der Waals surface area contributed by atoms with Gasteiger partial charge in [0.15, 0.2) is 0 Å². The van der Waals surface area contributed by atoms with Gasteiger partial charge in [0.2, 0.25) is 9.84 Å². The number of ether oxygens (including phenoxy) is 2. The maximum Gasteiger partial charge on any atom is 0.408 e. The van der Waals surface area contributed by atoms with Crippen LogP contribution in [-0.4, -0.2) is 31.6 Å². The van der Waals surface area contributed by atoms with Crippen LogP contribution < -0.4 is 15.8 Å². The van der Waals surface area contributed by atoms with Crippen molar-refractivity contribution in [2.75, 3.05) is 0 Å². The summed E-state index contributed by atoms with van der Waals surface area (Å²) >= 11 is 0. The molecule has 0 aliphatic rings. The molecule has 4 rings (SSSR count). The molecule has 2 atom stereocenters. The van der Waals surface area contributed by atoms with Gasteiger partial charge in [-0.05, 0) is 35.4 Å². The van der Waals surface area contributed by atoms with Crippen LogP contribution >= 0.6 is 0 Å². The fourth-order valence-corrected chi connectivity index (χ4v) is 5.44. The standard InChI is InChI=1S/C30H28N2O7S/c31-30(39-25-12-6-2-7-13-25,40(36,37)26-14-8-3-9-15-26)24-18-16-23(17-19-24)21-38-29(35)32-27(28(33)34)20-22-10-4-1-5-11-22/h1-19,27H,20-21,31H2,(H,32,35)(H,33,34). The highest BCUT2D eigenvalue weighted by atomic mass is 32.2. The van der Waals surface area contributed by atoms with Gasteiger partial charge in [-0.15, -0.1) is 0 Å². The Hall–Kier alpha value is -4.67. The monoisotopic (exact) mass is 560 g/mol. The zero-order valence-corrected chi connectivity index (χ0v) is 22.2. The SMILES string of the molecule is NC(Oc1ccccc1)(c1ccc(COC(=O)NC(Cc2ccccc2)C(=O)O)cc1)S(=O)(=O)c1ccccc1. The Bertz CT molecular complexity index is 1530. The lowest BCUT2D eigenvalue weighted by molar-refractivity contribution is -0.139. The maximum absolute atomic E-state index is 13.7. The van der Waals surface area contributed by atoms with Crippen molar-refractivity contribution in [1.82, 2.24) is 5.32 Å². The summed E-state index contributed by atoms with van der Waals surface area (Å²) in [5, 5.41) is 9.58. The van der Waals surface area contributed by atoms with E-state index in [0.29, 0.717) is 5.56 Å². The Labute approximate surface area is 232 Å². The van der Waals surface area contributed by atoms with Crippen LogP contribution in [0.3, 0.4) is 0 Å². The fourth-order valence-electron chi connectivity index (χ4n) is 3.92. The lowest BCUT2D eigenvalue weighted by Crippen LogP contribution is -2.50. The van der Waals surface area contributed by atoms with Crippen molar-refractivity contribution in [2.24, 2.45) is 5.73 Å². The molecule has 4 aromatic carbocycles. The van der Waals surface area contributed by atoms with E-state index in [-0.39, 0.29) is 29.2 Å². The van der Waals surface area contributed by atoms with Crippen molar-refractivity contribution in [3.63, 3.8) is 0 Å². The van der Waals surface area contributed by atoms with Crippen LogP contribution in [0.1, 0.15) is 16.7 Å². The third-order valence-corrected chi connectivity index (χ3v) is 8.07. The van der Waals surface area contributed by atoms with Crippen LogP contribution in [-0.2, 0) is 37.5 Å². The van der Waals surface area contributed by atoms with Gasteiger partial charge in [0.1, 0.15) is 18.4 Å². The van der Waals surface area contributed by atoms with Gasteiger partial charge >= 0.3 is 12.1 Å². The number of benzene rings is 4. The predicted molar refractivity (Wildman–Crippen MR) is 148 cm³/mol. The Kier molecular flexibility index (Phi) is 8.83. The summed E-state index contributed by atoms with van der Waals surface area (Å²) in [6.07, 6.45) is -0.810. The van der Waals surface area contributed by atoms with Gasteiger partial charge in [-0.2, -0.15) is 0 Å². The van der Waals surface area contributed by atoms with E-state index in [0.717, 1.165) is 5.56 Å².